The van der Waals surface area contributed by atoms with Crippen LogP contribution in [0.1, 0.15) is 82.7 Å². The van der Waals surface area contributed by atoms with Gasteiger partial charge in [-0.25, -0.2) is 0 Å². The van der Waals surface area contributed by atoms with Crippen molar-refractivity contribution in [3.63, 3.8) is 0 Å². The van der Waals surface area contributed by atoms with Crippen molar-refractivity contribution in [2.45, 2.75) is 84.7 Å². The highest BCUT2D eigenvalue weighted by molar-refractivity contribution is 5.73. The Kier molecular flexibility index (Phi) is 5.18. The summed E-state index contributed by atoms with van der Waals surface area (Å²) in [6.07, 6.45) is 8.63. The van der Waals surface area contributed by atoms with Crippen molar-refractivity contribution in [1.82, 2.24) is 10.2 Å². The van der Waals surface area contributed by atoms with Crippen LogP contribution in [0, 0.1) is 12.8 Å². The van der Waals surface area contributed by atoms with E-state index >= 15 is 0 Å². The van der Waals surface area contributed by atoms with Gasteiger partial charge in [0, 0.05) is 24.3 Å². The minimum Gasteiger partial charge on any atom is -0.507 e. The van der Waals surface area contributed by atoms with Gasteiger partial charge in [0.2, 0.25) is 5.89 Å². The zero-order chi connectivity index (χ0) is 20.8. The van der Waals surface area contributed by atoms with Crippen molar-refractivity contribution >= 4 is 0 Å². The molecule has 2 aliphatic rings. The Morgan fingerprint density at radius 3 is 2.69 bits per heavy atom. The molecule has 5 nitrogen and oxygen atoms in total. The second kappa shape index (κ2) is 7.51. The summed E-state index contributed by atoms with van der Waals surface area (Å²) in [7, 11) is 0. The molecule has 0 saturated heterocycles. The Bertz CT molecular complexity index is 942. The number of fused-ring (bicyclic) bond motifs is 3. The van der Waals surface area contributed by atoms with Crippen LogP contribution in [0.4, 0.5) is 0 Å². The zero-order valence-electron chi connectivity index (χ0n) is 18.2. The molecular formula is C24H32N2O3. The quantitative estimate of drug-likeness (QED) is 0.489. The van der Waals surface area contributed by atoms with Gasteiger partial charge in [-0.3, -0.25) is 0 Å². The summed E-state index contributed by atoms with van der Waals surface area (Å²) in [4.78, 5) is 0. The predicted octanol–water partition coefficient (Wildman–Crippen LogP) is 6.09. The second-order valence-electron chi connectivity index (χ2n) is 9.14. The average molecular weight is 397 g/mol. The smallest absolute Gasteiger partial charge is 0.251 e. The molecule has 1 aromatic heterocycles. The molecule has 2 atom stereocenters. The van der Waals surface area contributed by atoms with Crippen molar-refractivity contribution < 1.29 is 14.3 Å². The fourth-order valence-corrected chi connectivity index (χ4v) is 5.01. The van der Waals surface area contributed by atoms with Gasteiger partial charge >= 0.3 is 0 Å². The summed E-state index contributed by atoms with van der Waals surface area (Å²) < 4.78 is 12.2. The van der Waals surface area contributed by atoms with Gasteiger partial charge in [0.25, 0.3) is 5.89 Å². The Hall–Kier alpha value is -2.30. The molecule has 1 N–H and O–H groups in total. The van der Waals surface area contributed by atoms with Gasteiger partial charge in [-0.1, -0.05) is 31.4 Å². The normalized spacial score (nSPS) is 22.4. The van der Waals surface area contributed by atoms with Gasteiger partial charge in [0.15, 0.2) is 0 Å². The Balaban J connectivity index is 1.90. The molecular weight excluding hydrogens is 364 g/mol. The van der Waals surface area contributed by atoms with Crippen molar-refractivity contribution in [2.24, 2.45) is 5.92 Å². The number of aromatic hydroxyl groups is 1. The number of ether oxygens (including phenoxy) is 1. The Morgan fingerprint density at radius 1 is 1.21 bits per heavy atom. The first-order valence-electron chi connectivity index (χ1n) is 10.9. The largest absolute Gasteiger partial charge is 0.507 e. The lowest BCUT2D eigenvalue weighted by atomic mass is 9.67. The molecule has 2 heterocycles. The predicted molar refractivity (Wildman–Crippen MR) is 113 cm³/mol. The van der Waals surface area contributed by atoms with Gasteiger partial charge in [-0.05, 0) is 58.1 Å². The number of phenols is 1. The third-order valence-corrected chi connectivity index (χ3v) is 6.52. The molecule has 2 aromatic rings. The summed E-state index contributed by atoms with van der Waals surface area (Å²) in [6.45, 7) is 10.5. The maximum atomic E-state index is 11.5. The molecule has 4 rings (SSSR count). The lowest BCUT2D eigenvalue weighted by Crippen LogP contribution is -2.45. The van der Waals surface area contributed by atoms with Crippen LogP contribution in [0.25, 0.3) is 11.5 Å². The van der Waals surface area contributed by atoms with Gasteiger partial charge < -0.3 is 14.3 Å². The van der Waals surface area contributed by atoms with Gasteiger partial charge in [-0.15, -0.1) is 10.2 Å². The first kappa shape index (κ1) is 20.0. The molecule has 0 amide bonds. The first-order chi connectivity index (χ1) is 13.8. The number of hydrogen-bond acceptors (Lipinski definition) is 5. The van der Waals surface area contributed by atoms with E-state index in [0.29, 0.717) is 23.3 Å². The maximum absolute atomic E-state index is 11.5. The van der Waals surface area contributed by atoms with Crippen LogP contribution in [-0.4, -0.2) is 20.9 Å². The minimum atomic E-state index is -0.273. The molecule has 0 radical (unpaired) electrons. The SMILES string of the molecule is CCCCCc1cc2c(c(O)c1-c1nnc(C)o1)[C@@H]1C=C(C)CC[C@H]1C(C)(C)O2. The molecule has 0 fully saturated rings. The first-order valence-corrected chi connectivity index (χ1v) is 10.9. The van der Waals surface area contributed by atoms with E-state index in [1.807, 2.05) is 0 Å². The summed E-state index contributed by atoms with van der Waals surface area (Å²) in [5, 5.41) is 19.7. The number of rotatable bonds is 5. The maximum Gasteiger partial charge on any atom is 0.251 e. The molecule has 29 heavy (non-hydrogen) atoms. The number of allylic oxidation sites excluding steroid dienone is 2. The zero-order valence-corrected chi connectivity index (χ0v) is 18.2. The summed E-state index contributed by atoms with van der Waals surface area (Å²) in [5.74, 6) is 2.40. The Morgan fingerprint density at radius 2 is 2.00 bits per heavy atom. The summed E-state index contributed by atoms with van der Waals surface area (Å²) >= 11 is 0. The molecule has 0 bridgehead atoms. The number of aromatic nitrogens is 2. The molecule has 0 unspecified atom stereocenters. The number of hydrogen-bond donors (Lipinski definition) is 1. The fourth-order valence-electron chi connectivity index (χ4n) is 5.01. The van der Waals surface area contributed by atoms with Gasteiger partial charge in [0.1, 0.15) is 17.1 Å². The highest BCUT2D eigenvalue weighted by Crippen LogP contribution is 2.55. The molecule has 1 aromatic carbocycles. The van der Waals surface area contributed by atoms with E-state index in [2.05, 4.69) is 50.0 Å². The Labute approximate surface area is 173 Å². The fraction of sp³-hybridized carbons (Fsp3) is 0.583. The van der Waals surface area contributed by atoms with Crippen LogP contribution in [0.15, 0.2) is 22.1 Å². The van der Waals surface area contributed by atoms with Crippen LogP contribution < -0.4 is 4.74 Å². The van der Waals surface area contributed by atoms with E-state index in [1.165, 1.54) is 5.57 Å². The van der Waals surface area contributed by atoms with E-state index in [-0.39, 0.29) is 17.3 Å². The van der Waals surface area contributed by atoms with Crippen molar-refractivity contribution in [3.8, 4) is 23.0 Å². The molecule has 1 aliphatic carbocycles. The van der Waals surface area contributed by atoms with Crippen LogP contribution in [0.2, 0.25) is 0 Å². The van der Waals surface area contributed by atoms with Crippen LogP contribution in [-0.2, 0) is 6.42 Å². The van der Waals surface area contributed by atoms with E-state index in [1.54, 1.807) is 6.92 Å². The number of phenolic OH excluding ortho intramolecular Hbond substituents is 1. The monoisotopic (exact) mass is 396 g/mol. The lowest BCUT2D eigenvalue weighted by Gasteiger charge is -2.46. The standard InChI is InChI=1S/C24H32N2O3/c1-6-7-8-9-16-13-19-21(22(27)20(16)23-26-25-15(3)28-23)17-12-14(2)10-11-18(17)24(4,5)29-19/h12-13,17-18,27H,6-11H2,1-5H3/t17-,18-/m1/s1. The summed E-state index contributed by atoms with van der Waals surface area (Å²) in [6, 6.07) is 2.11. The van der Waals surface area contributed by atoms with Crippen LogP contribution in [0.5, 0.6) is 11.5 Å². The van der Waals surface area contributed by atoms with Gasteiger partial charge in [-0.2, -0.15) is 0 Å². The van der Waals surface area contributed by atoms with E-state index in [0.717, 1.165) is 55.4 Å². The highest BCUT2D eigenvalue weighted by Gasteiger charge is 2.46. The topological polar surface area (TPSA) is 68.4 Å². The molecule has 0 spiro atoms. The van der Waals surface area contributed by atoms with Crippen molar-refractivity contribution in [3.05, 3.63) is 34.7 Å². The van der Waals surface area contributed by atoms with Crippen molar-refractivity contribution in [2.75, 3.05) is 0 Å². The van der Waals surface area contributed by atoms with E-state index < -0.39 is 0 Å². The third-order valence-electron chi connectivity index (χ3n) is 6.52. The highest BCUT2D eigenvalue weighted by atomic mass is 16.5. The number of nitrogens with zero attached hydrogens (tertiary/aromatic N) is 2. The number of unbranched alkanes of at least 4 members (excludes halogenated alkanes) is 2. The van der Waals surface area contributed by atoms with Gasteiger partial charge in [0.05, 0.1) is 5.56 Å². The summed E-state index contributed by atoms with van der Waals surface area (Å²) in [5.41, 5.74) is 3.67. The lowest BCUT2D eigenvalue weighted by molar-refractivity contribution is 0.0107. The van der Waals surface area contributed by atoms with Crippen LogP contribution in [0.3, 0.4) is 0 Å². The van der Waals surface area contributed by atoms with Crippen molar-refractivity contribution in [1.29, 1.82) is 0 Å². The molecule has 5 heteroatoms. The number of benzene rings is 1. The second-order valence-corrected chi connectivity index (χ2v) is 9.14. The number of aryl methyl sites for hydroxylation is 2. The van der Waals surface area contributed by atoms with E-state index in [4.69, 9.17) is 9.15 Å². The average Bonchev–Trinajstić information content (AvgIpc) is 3.06. The molecule has 1 aliphatic heterocycles. The van der Waals surface area contributed by atoms with Crippen LogP contribution >= 0.6 is 0 Å². The molecule has 0 saturated carbocycles. The minimum absolute atomic E-state index is 0.134. The molecule has 156 valence electrons. The third kappa shape index (κ3) is 3.56. The van der Waals surface area contributed by atoms with E-state index in [9.17, 15) is 5.11 Å².